The van der Waals surface area contributed by atoms with Crippen LogP contribution in [-0.2, 0) is 19.2 Å². The van der Waals surface area contributed by atoms with Gasteiger partial charge >= 0.3 is 49.7 Å². The predicted octanol–water partition coefficient (Wildman–Crippen LogP) is -3.12. The molecule has 2 aromatic carbocycles. The first-order chi connectivity index (χ1) is 31.3. The van der Waals surface area contributed by atoms with Gasteiger partial charge in [0, 0.05) is 60.6 Å². The molecule has 2 aliphatic rings. The molecular formula is C40H48CaN14O12. The van der Waals surface area contributed by atoms with Gasteiger partial charge in [0.2, 0.25) is 11.9 Å². The van der Waals surface area contributed by atoms with Gasteiger partial charge in [0.25, 0.3) is 22.9 Å². The summed E-state index contributed by atoms with van der Waals surface area (Å²) < 4.78 is 0. The van der Waals surface area contributed by atoms with E-state index in [9.17, 15) is 58.8 Å². The van der Waals surface area contributed by atoms with Gasteiger partial charge in [-0.05, 0) is 73.2 Å². The zero-order valence-corrected chi connectivity index (χ0v) is 38.3. The van der Waals surface area contributed by atoms with Crippen molar-refractivity contribution in [3.8, 4) is 0 Å². The van der Waals surface area contributed by atoms with Crippen LogP contribution in [0.15, 0.2) is 58.1 Å². The Balaban J connectivity index is 0.000000288. The molecule has 0 saturated heterocycles. The molecule has 2 amide bonds. The van der Waals surface area contributed by atoms with E-state index in [0.29, 0.717) is 60.6 Å². The van der Waals surface area contributed by atoms with Crippen LogP contribution < -0.4 is 75.3 Å². The van der Waals surface area contributed by atoms with Crippen molar-refractivity contribution in [2.45, 2.75) is 50.9 Å². The quantitative estimate of drug-likeness (QED) is 0.0439. The number of rotatable bonds is 18. The van der Waals surface area contributed by atoms with Crippen LogP contribution in [0.3, 0.4) is 0 Å². The van der Waals surface area contributed by atoms with Crippen molar-refractivity contribution in [1.82, 2.24) is 30.6 Å². The van der Waals surface area contributed by atoms with Crippen LogP contribution in [0.5, 0.6) is 0 Å². The molecule has 0 fully saturated rings. The first kappa shape index (κ1) is 52.3. The SMILES string of the molecule is CC(C[C@H](NC(=O)c1ccc(NCC2CNc3nc(N)[nH]c(=O)c3N2)cc1)C(=O)O)C(=O)[O-].CC(C[C@H](NC(=O)c1ccc(NCC2CNc3nc(N)[nH]c(=O)c3N2)cc1)C(=O)O)C(=O)[O-].[Ca+2]. The summed E-state index contributed by atoms with van der Waals surface area (Å²) in [4.78, 5) is 106. The number of anilines is 8. The van der Waals surface area contributed by atoms with E-state index in [2.05, 4.69) is 62.5 Å². The molecule has 26 nitrogen and oxygen atoms in total. The van der Waals surface area contributed by atoms with Gasteiger partial charge in [-0.15, -0.1) is 0 Å². The number of hydrogen-bond donors (Lipinski definition) is 14. The number of aromatic amines is 2. The van der Waals surface area contributed by atoms with Gasteiger partial charge < -0.3 is 84.0 Å². The number of carbonyl (C=O) groups excluding carboxylic acids is 4. The smallest absolute Gasteiger partial charge is 0.550 e. The summed E-state index contributed by atoms with van der Waals surface area (Å²) in [7, 11) is 0. The minimum Gasteiger partial charge on any atom is -0.550 e. The number of hydrogen-bond acceptors (Lipinski definition) is 20. The molecule has 2 aliphatic heterocycles. The first-order valence-electron chi connectivity index (χ1n) is 20.2. The Bertz CT molecular complexity index is 2380. The van der Waals surface area contributed by atoms with Crippen molar-refractivity contribution in [3.05, 3.63) is 80.4 Å². The Morgan fingerprint density at radius 2 is 1.00 bits per heavy atom. The maximum absolute atomic E-state index is 12.4. The minimum absolute atomic E-state index is 0. The summed E-state index contributed by atoms with van der Waals surface area (Å²) in [6, 6.07) is 9.66. The van der Waals surface area contributed by atoms with Crippen LogP contribution >= 0.6 is 0 Å². The second kappa shape index (κ2) is 23.7. The third kappa shape index (κ3) is 14.8. The van der Waals surface area contributed by atoms with Crippen LogP contribution in [-0.4, -0.2) is 154 Å². The van der Waals surface area contributed by atoms with E-state index >= 15 is 0 Å². The van der Waals surface area contributed by atoms with Crippen molar-refractivity contribution in [1.29, 1.82) is 0 Å². The van der Waals surface area contributed by atoms with Crippen molar-refractivity contribution in [2.75, 3.05) is 69.5 Å². The van der Waals surface area contributed by atoms with E-state index in [1.807, 2.05) is 0 Å². The van der Waals surface area contributed by atoms with Crippen molar-refractivity contribution >= 4 is 120 Å². The number of carboxylic acid groups (broad SMARTS) is 4. The number of amides is 2. The summed E-state index contributed by atoms with van der Waals surface area (Å²) in [6.45, 7) is 4.52. The summed E-state index contributed by atoms with van der Waals surface area (Å²) in [6.07, 6.45) is -0.584. The molecule has 6 atom stereocenters. The van der Waals surface area contributed by atoms with Gasteiger partial charge in [-0.3, -0.25) is 29.1 Å². The van der Waals surface area contributed by atoms with Gasteiger partial charge in [0.05, 0.1) is 12.1 Å². The molecule has 2 aromatic heterocycles. The number of nitrogens with two attached hydrogens (primary N) is 2. The van der Waals surface area contributed by atoms with Gasteiger partial charge in [-0.2, -0.15) is 9.97 Å². The van der Waals surface area contributed by atoms with Crippen LogP contribution in [0, 0.1) is 11.8 Å². The number of nitrogen functional groups attached to an aromatic ring is 2. The Hall–Kier alpha value is -7.32. The van der Waals surface area contributed by atoms with Crippen molar-refractivity contribution in [3.63, 3.8) is 0 Å². The number of aromatic nitrogens is 4. The third-order valence-corrected chi connectivity index (χ3v) is 10.2. The van der Waals surface area contributed by atoms with E-state index in [4.69, 9.17) is 11.5 Å². The number of nitrogens with one attached hydrogen (secondary N) is 10. The molecule has 0 saturated carbocycles. The average Bonchev–Trinajstić information content (AvgIpc) is 3.27. The molecule has 4 aromatic rings. The molecule has 0 spiro atoms. The third-order valence-electron chi connectivity index (χ3n) is 10.2. The monoisotopic (exact) mass is 956 g/mol. The van der Waals surface area contributed by atoms with E-state index < -0.39 is 59.6 Å². The second-order valence-electron chi connectivity index (χ2n) is 15.4. The van der Waals surface area contributed by atoms with E-state index in [1.54, 1.807) is 24.3 Å². The van der Waals surface area contributed by atoms with Crippen molar-refractivity contribution < 1.29 is 49.2 Å². The van der Waals surface area contributed by atoms with Crippen molar-refractivity contribution in [2.24, 2.45) is 11.8 Å². The summed E-state index contributed by atoms with van der Waals surface area (Å²) >= 11 is 0. The van der Waals surface area contributed by atoms with Gasteiger partial charge in [0.1, 0.15) is 23.5 Å². The fourth-order valence-corrected chi connectivity index (χ4v) is 6.49. The molecule has 6 rings (SSSR count). The standard InChI is InChI=1S/2C20H25N7O6.Ca/c2*1-9(18(30)31)6-13(19(32)33)25-16(28)10-2-4-11(5-3-10)22-7-12-8-23-15-14(24-12)17(29)27-20(21)26-15;/h2*2-5,9,12-13,22,24H,6-8H2,1H3,(H,25,28)(H,30,31)(H,32,33)(H4,21,23,26,27,29);/q;;+2/p-2/t2*9?,12?,13-;/m00./s1. The van der Waals surface area contributed by atoms with Gasteiger partial charge in [-0.25, -0.2) is 9.59 Å². The van der Waals surface area contributed by atoms with Gasteiger partial charge in [-0.1, -0.05) is 13.8 Å². The molecule has 0 bridgehead atoms. The first-order valence-corrected chi connectivity index (χ1v) is 20.2. The Morgan fingerprint density at radius 3 is 1.31 bits per heavy atom. The summed E-state index contributed by atoms with van der Waals surface area (Å²) in [5.41, 5.74) is 12.7. The van der Waals surface area contributed by atoms with E-state index in [1.165, 1.54) is 38.1 Å². The Morgan fingerprint density at radius 1 is 0.657 bits per heavy atom. The predicted molar refractivity (Wildman–Crippen MR) is 241 cm³/mol. The normalized spacial score (nSPS) is 16.1. The Kier molecular flexibility index (Phi) is 18.5. The summed E-state index contributed by atoms with van der Waals surface area (Å²) in [5.74, 6) is -7.96. The molecule has 352 valence electrons. The fraction of sp³-hybridized carbons (Fsp3) is 0.350. The zero-order valence-electron chi connectivity index (χ0n) is 36.1. The number of carboxylic acids is 4. The van der Waals surface area contributed by atoms with E-state index in [0.717, 1.165) is 0 Å². The maximum atomic E-state index is 12.4. The second-order valence-corrected chi connectivity index (χ2v) is 15.4. The molecule has 0 radical (unpaired) electrons. The van der Waals surface area contributed by atoms with E-state index in [-0.39, 0.29) is 96.8 Å². The maximum Gasteiger partial charge on any atom is 2.00 e. The zero-order chi connectivity index (χ0) is 48.2. The largest absolute Gasteiger partial charge is 2.00 e. The molecule has 4 unspecified atom stereocenters. The molecule has 16 N–H and O–H groups in total. The topological polar surface area (TPSA) is 429 Å². The molecule has 27 heteroatoms. The van der Waals surface area contributed by atoms with Gasteiger partial charge in [0.15, 0.2) is 11.6 Å². The summed E-state index contributed by atoms with van der Waals surface area (Å²) in [5, 5.41) is 63.5. The molecule has 0 aliphatic carbocycles. The van der Waals surface area contributed by atoms with Crippen LogP contribution in [0.1, 0.15) is 47.4 Å². The number of benzene rings is 2. The number of aliphatic carboxylic acids is 4. The average molecular weight is 957 g/mol. The van der Waals surface area contributed by atoms with Crippen LogP contribution in [0.25, 0.3) is 0 Å². The fourth-order valence-electron chi connectivity index (χ4n) is 6.49. The number of fused-ring (bicyclic) bond motifs is 2. The number of carbonyl (C=O) groups is 6. The minimum atomic E-state index is -1.39. The van der Waals surface area contributed by atoms with Crippen LogP contribution in [0.4, 0.5) is 46.3 Å². The number of nitrogens with zero attached hydrogens (tertiary/aromatic N) is 2. The molecule has 4 heterocycles. The molecular weight excluding hydrogens is 909 g/mol. The Labute approximate surface area is 409 Å². The van der Waals surface area contributed by atoms with Crippen LogP contribution in [0.2, 0.25) is 0 Å². The number of H-pyrrole nitrogens is 2. The molecule has 67 heavy (non-hydrogen) atoms.